The van der Waals surface area contributed by atoms with E-state index in [0.29, 0.717) is 11.9 Å². The van der Waals surface area contributed by atoms with Crippen molar-refractivity contribution in [1.29, 1.82) is 0 Å². The molecule has 4 heteroatoms. The Bertz CT molecular complexity index is 328. The molecule has 0 amide bonds. The quantitative estimate of drug-likeness (QED) is 0.840. The van der Waals surface area contributed by atoms with Gasteiger partial charge >= 0.3 is 0 Å². The van der Waals surface area contributed by atoms with E-state index in [1.165, 1.54) is 38.5 Å². The van der Waals surface area contributed by atoms with Gasteiger partial charge in [0.05, 0.1) is 0 Å². The third kappa shape index (κ3) is 3.58. The summed E-state index contributed by atoms with van der Waals surface area (Å²) < 4.78 is 0. The summed E-state index contributed by atoms with van der Waals surface area (Å²) in [6.45, 7) is 2.27. The van der Waals surface area contributed by atoms with Crippen molar-refractivity contribution in [3.8, 4) is 0 Å². The molecular weight excluding hydrogens is 212 g/mol. The molecule has 1 aliphatic carbocycles. The van der Waals surface area contributed by atoms with E-state index in [4.69, 9.17) is 5.73 Å². The van der Waals surface area contributed by atoms with Gasteiger partial charge in [-0.1, -0.05) is 19.8 Å². The highest BCUT2D eigenvalue weighted by Crippen LogP contribution is 2.29. The number of nitrogens with two attached hydrogens (primary N) is 1. The smallest absolute Gasteiger partial charge is 0.149 e. The Kier molecular flexibility index (Phi) is 4.18. The van der Waals surface area contributed by atoms with Crippen molar-refractivity contribution < 1.29 is 0 Å². The van der Waals surface area contributed by atoms with E-state index in [0.717, 1.165) is 11.7 Å². The van der Waals surface area contributed by atoms with Crippen molar-refractivity contribution in [2.45, 2.75) is 51.5 Å². The fourth-order valence-electron chi connectivity index (χ4n) is 2.63. The van der Waals surface area contributed by atoms with Gasteiger partial charge < -0.3 is 11.1 Å². The van der Waals surface area contributed by atoms with Crippen LogP contribution in [0.25, 0.3) is 0 Å². The van der Waals surface area contributed by atoms with Crippen molar-refractivity contribution in [1.82, 2.24) is 10.2 Å². The third-order valence-electron chi connectivity index (χ3n) is 3.58. The highest BCUT2D eigenvalue weighted by atomic mass is 15.2. The third-order valence-corrected chi connectivity index (χ3v) is 3.58. The monoisotopic (exact) mass is 234 g/mol. The summed E-state index contributed by atoms with van der Waals surface area (Å²) in [5.41, 5.74) is 5.51. The SMILES string of the molecule is CCCC1CCC(Nc2ccc(N)nn2)CC1. The Hall–Kier alpha value is -1.32. The number of nitrogens with one attached hydrogen (secondary N) is 1. The van der Waals surface area contributed by atoms with E-state index in [1.807, 2.05) is 6.07 Å². The summed E-state index contributed by atoms with van der Waals surface area (Å²) in [4.78, 5) is 0. The maximum atomic E-state index is 5.51. The lowest BCUT2D eigenvalue weighted by Crippen LogP contribution is -2.26. The summed E-state index contributed by atoms with van der Waals surface area (Å²) >= 11 is 0. The zero-order valence-electron chi connectivity index (χ0n) is 10.5. The van der Waals surface area contributed by atoms with Crippen molar-refractivity contribution in [2.24, 2.45) is 5.92 Å². The van der Waals surface area contributed by atoms with Crippen LogP contribution in [0.4, 0.5) is 11.6 Å². The maximum absolute atomic E-state index is 5.51. The van der Waals surface area contributed by atoms with Crippen LogP contribution in [0, 0.1) is 5.92 Å². The lowest BCUT2D eigenvalue weighted by atomic mass is 9.83. The van der Waals surface area contributed by atoms with E-state index in [-0.39, 0.29) is 0 Å². The first kappa shape index (κ1) is 12.1. The molecule has 0 spiro atoms. The second kappa shape index (κ2) is 5.84. The van der Waals surface area contributed by atoms with Gasteiger partial charge in [-0.25, -0.2) is 0 Å². The summed E-state index contributed by atoms with van der Waals surface area (Å²) in [5.74, 6) is 2.26. The predicted molar refractivity (Wildman–Crippen MR) is 70.7 cm³/mol. The van der Waals surface area contributed by atoms with Gasteiger partial charge in [0, 0.05) is 6.04 Å². The largest absolute Gasteiger partial charge is 0.382 e. The Morgan fingerprint density at radius 2 is 2.00 bits per heavy atom. The summed E-state index contributed by atoms with van der Waals surface area (Å²) in [7, 11) is 0. The molecule has 0 bridgehead atoms. The number of aromatic nitrogens is 2. The van der Waals surface area contributed by atoms with Crippen LogP contribution >= 0.6 is 0 Å². The molecule has 3 N–H and O–H groups in total. The molecule has 0 aliphatic heterocycles. The van der Waals surface area contributed by atoms with Gasteiger partial charge in [0.2, 0.25) is 0 Å². The maximum Gasteiger partial charge on any atom is 0.149 e. The summed E-state index contributed by atoms with van der Waals surface area (Å²) in [6.07, 6.45) is 7.87. The van der Waals surface area contributed by atoms with Crippen LogP contribution in [0.5, 0.6) is 0 Å². The van der Waals surface area contributed by atoms with Gasteiger partial charge in [-0.2, -0.15) is 0 Å². The molecule has 1 aromatic heterocycles. The molecule has 94 valence electrons. The molecule has 1 aliphatic rings. The van der Waals surface area contributed by atoms with Crippen LogP contribution in [-0.2, 0) is 0 Å². The normalized spacial score (nSPS) is 24.5. The summed E-state index contributed by atoms with van der Waals surface area (Å²) in [5, 5.41) is 11.3. The van der Waals surface area contributed by atoms with Gasteiger partial charge in [-0.3, -0.25) is 0 Å². The van der Waals surface area contributed by atoms with Gasteiger partial charge in [0.1, 0.15) is 11.6 Å². The molecule has 0 aromatic carbocycles. The number of hydrogen-bond donors (Lipinski definition) is 2. The second-order valence-corrected chi connectivity index (χ2v) is 4.99. The average Bonchev–Trinajstić information content (AvgIpc) is 2.35. The Morgan fingerprint density at radius 1 is 1.24 bits per heavy atom. The van der Waals surface area contributed by atoms with E-state index >= 15 is 0 Å². The second-order valence-electron chi connectivity index (χ2n) is 4.99. The van der Waals surface area contributed by atoms with Crippen LogP contribution in [-0.4, -0.2) is 16.2 Å². The number of rotatable bonds is 4. The Labute approximate surface area is 103 Å². The first-order valence-corrected chi connectivity index (χ1v) is 6.63. The van der Waals surface area contributed by atoms with Gasteiger partial charge in [-0.15, -0.1) is 10.2 Å². The molecule has 0 unspecified atom stereocenters. The number of nitrogens with zero attached hydrogens (tertiary/aromatic N) is 2. The Balaban J connectivity index is 1.79. The minimum atomic E-state index is 0.474. The number of hydrogen-bond acceptors (Lipinski definition) is 4. The molecule has 2 rings (SSSR count). The van der Waals surface area contributed by atoms with Gasteiger partial charge in [0.15, 0.2) is 0 Å². The molecule has 1 heterocycles. The highest BCUT2D eigenvalue weighted by Gasteiger charge is 2.20. The topological polar surface area (TPSA) is 63.8 Å². The van der Waals surface area contributed by atoms with E-state index in [1.54, 1.807) is 6.07 Å². The molecule has 1 aromatic rings. The molecule has 1 fully saturated rings. The van der Waals surface area contributed by atoms with E-state index in [2.05, 4.69) is 22.4 Å². The van der Waals surface area contributed by atoms with Crippen molar-refractivity contribution in [3.05, 3.63) is 12.1 Å². The predicted octanol–water partition coefficient (Wildman–Crippen LogP) is 2.83. The zero-order valence-corrected chi connectivity index (χ0v) is 10.5. The number of nitrogen functional groups attached to an aromatic ring is 1. The molecular formula is C13H22N4. The lowest BCUT2D eigenvalue weighted by Gasteiger charge is -2.29. The van der Waals surface area contributed by atoms with E-state index < -0.39 is 0 Å². The van der Waals surface area contributed by atoms with Crippen LogP contribution < -0.4 is 11.1 Å². The van der Waals surface area contributed by atoms with Crippen LogP contribution in [0.1, 0.15) is 45.4 Å². The van der Waals surface area contributed by atoms with Crippen molar-refractivity contribution >= 4 is 11.6 Å². The summed E-state index contributed by atoms with van der Waals surface area (Å²) in [6, 6.07) is 4.25. The molecule has 0 atom stereocenters. The molecule has 1 saturated carbocycles. The first-order valence-electron chi connectivity index (χ1n) is 6.63. The number of anilines is 2. The molecule has 0 saturated heterocycles. The van der Waals surface area contributed by atoms with Gasteiger partial charge in [0.25, 0.3) is 0 Å². The molecule has 0 radical (unpaired) electrons. The highest BCUT2D eigenvalue weighted by molar-refractivity contribution is 5.39. The fraction of sp³-hybridized carbons (Fsp3) is 0.692. The zero-order chi connectivity index (χ0) is 12.1. The van der Waals surface area contributed by atoms with Crippen LogP contribution in [0.2, 0.25) is 0 Å². The van der Waals surface area contributed by atoms with Crippen LogP contribution in [0.3, 0.4) is 0 Å². The Morgan fingerprint density at radius 3 is 2.59 bits per heavy atom. The first-order chi connectivity index (χ1) is 8.28. The van der Waals surface area contributed by atoms with Crippen molar-refractivity contribution in [2.75, 3.05) is 11.1 Å². The molecule has 17 heavy (non-hydrogen) atoms. The minimum absolute atomic E-state index is 0.474. The van der Waals surface area contributed by atoms with Gasteiger partial charge in [-0.05, 0) is 43.7 Å². The average molecular weight is 234 g/mol. The standard InChI is InChI=1S/C13H22N4/c1-2-3-10-4-6-11(7-5-10)15-13-9-8-12(14)16-17-13/h8-11H,2-7H2,1H3,(H2,14,16)(H,15,17). The molecule has 4 nitrogen and oxygen atoms in total. The minimum Gasteiger partial charge on any atom is -0.382 e. The fourth-order valence-corrected chi connectivity index (χ4v) is 2.63. The lowest BCUT2D eigenvalue weighted by molar-refractivity contribution is 0.318. The van der Waals surface area contributed by atoms with Crippen molar-refractivity contribution in [3.63, 3.8) is 0 Å². The van der Waals surface area contributed by atoms with E-state index in [9.17, 15) is 0 Å². The van der Waals surface area contributed by atoms with Crippen LogP contribution in [0.15, 0.2) is 12.1 Å².